The molecule has 0 aromatic carbocycles. The van der Waals surface area contributed by atoms with Crippen LogP contribution in [0.3, 0.4) is 0 Å². The lowest BCUT2D eigenvalue weighted by atomic mass is 10.0. The van der Waals surface area contributed by atoms with Crippen molar-refractivity contribution >= 4 is 27.7 Å². The number of H-pyrrole nitrogens is 1. The Bertz CT molecular complexity index is 393. The number of anilines is 1. The molecule has 0 spiro atoms. The average Bonchev–Trinajstić information content (AvgIpc) is 2.74. The minimum absolute atomic E-state index is 0.123. The minimum Gasteiger partial charge on any atom is -0.365 e. The van der Waals surface area contributed by atoms with Crippen molar-refractivity contribution in [3.63, 3.8) is 0 Å². The molecule has 3 unspecified atom stereocenters. The fraction of sp³-hybridized carbons (Fsp3) is 0.600. The van der Waals surface area contributed by atoms with Gasteiger partial charge in [0.1, 0.15) is 11.9 Å². The number of rotatable bonds is 2. The highest BCUT2D eigenvalue weighted by molar-refractivity contribution is 9.10. The molecule has 0 radical (unpaired) electrons. The minimum atomic E-state index is -0.370. The molecule has 1 amide bonds. The first-order chi connectivity index (χ1) is 7.58. The van der Waals surface area contributed by atoms with E-state index >= 15 is 0 Å². The summed E-state index contributed by atoms with van der Waals surface area (Å²) in [5.74, 6) is 0.693. The number of amides is 1. The second-order valence-electron chi connectivity index (χ2n) is 4.16. The molecule has 0 bridgehead atoms. The summed E-state index contributed by atoms with van der Waals surface area (Å²) in [7, 11) is 0. The van der Waals surface area contributed by atoms with E-state index in [1.54, 1.807) is 6.20 Å². The molecule has 5 nitrogen and oxygen atoms in total. The molecule has 1 aliphatic heterocycles. The van der Waals surface area contributed by atoms with Crippen LogP contribution in [0.5, 0.6) is 0 Å². The van der Waals surface area contributed by atoms with E-state index in [0.29, 0.717) is 5.82 Å². The Kier molecular flexibility index (Phi) is 3.30. The van der Waals surface area contributed by atoms with Gasteiger partial charge in [-0.15, -0.1) is 0 Å². The molecule has 1 saturated heterocycles. The molecule has 1 aromatic rings. The highest BCUT2D eigenvalue weighted by Gasteiger charge is 2.35. The van der Waals surface area contributed by atoms with Gasteiger partial charge in [-0.2, -0.15) is 5.10 Å². The predicted octanol–water partition coefficient (Wildman–Crippen LogP) is 1.92. The van der Waals surface area contributed by atoms with Crippen LogP contribution in [0.25, 0.3) is 0 Å². The largest absolute Gasteiger partial charge is 0.365 e. The molecule has 0 aliphatic carbocycles. The summed E-state index contributed by atoms with van der Waals surface area (Å²) in [6.07, 6.45) is 2.29. The highest BCUT2D eigenvalue weighted by Crippen LogP contribution is 2.27. The van der Waals surface area contributed by atoms with Crippen LogP contribution in [0.2, 0.25) is 0 Å². The molecule has 2 rings (SSSR count). The molecule has 1 aromatic heterocycles. The molecular formula is C10H14BrN3O2. The van der Waals surface area contributed by atoms with Crippen molar-refractivity contribution in [2.75, 3.05) is 5.32 Å². The summed E-state index contributed by atoms with van der Waals surface area (Å²) in [6, 6.07) is 0. The number of aromatic nitrogens is 2. The van der Waals surface area contributed by atoms with Crippen molar-refractivity contribution in [1.82, 2.24) is 10.2 Å². The number of ether oxygens (including phenoxy) is 1. The van der Waals surface area contributed by atoms with E-state index in [1.165, 1.54) is 0 Å². The summed E-state index contributed by atoms with van der Waals surface area (Å²) >= 11 is 3.28. The lowest BCUT2D eigenvalue weighted by Crippen LogP contribution is -2.31. The Morgan fingerprint density at radius 1 is 1.69 bits per heavy atom. The first kappa shape index (κ1) is 11.6. The van der Waals surface area contributed by atoms with E-state index in [0.717, 1.165) is 10.9 Å². The number of hydrogen-bond donors (Lipinski definition) is 2. The van der Waals surface area contributed by atoms with Crippen LogP contribution < -0.4 is 5.32 Å². The zero-order chi connectivity index (χ0) is 11.7. The lowest BCUT2D eigenvalue weighted by Gasteiger charge is -2.14. The molecule has 2 N–H and O–H groups in total. The summed E-state index contributed by atoms with van der Waals surface area (Å²) in [6.45, 7) is 4.01. The van der Waals surface area contributed by atoms with Crippen molar-refractivity contribution in [3.05, 3.63) is 10.7 Å². The molecule has 88 valence electrons. The third-order valence-corrected chi connectivity index (χ3v) is 3.30. The first-order valence-electron chi connectivity index (χ1n) is 5.23. The van der Waals surface area contributed by atoms with Crippen LogP contribution in [0.1, 0.15) is 20.3 Å². The monoisotopic (exact) mass is 287 g/mol. The first-order valence-corrected chi connectivity index (χ1v) is 6.02. The standard InChI is InChI=1S/C10H14BrN3O2/c1-5-3-6(2)16-8(5)10(15)13-9-7(11)4-12-14-9/h4-6,8H,3H2,1-2H3,(H2,12,13,14,15). The summed E-state index contributed by atoms with van der Waals surface area (Å²) in [5.41, 5.74) is 0. The molecular weight excluding hydrogens is 274 g/mol. The van der Waals surface area contributed by atoms with Crippen molar-refractivity contribution in [2.24, 2.45) is 5.92 Å². The third-order valence-electron chi connectivity index (χ3n) is 2.70. The molecule has 0 saturated carbocycles. The van der Waals surface area contributed by atoms with E-state index in [9.17, 15) is 4.79 Å². The van der Waals surface area contributed by atoms with Crippen LogP contribution >= 0.6 is 15.9 Å². The molecule has 2 heterocycles. The van der Waals surface area contributed by atoms with Gasteiger partial charge in [-0.25, -0.2) is 0 Å². The number of nitrogens with one attached hydrogen (secondary N) is 2. The second kappa shape index (κ2) is 4.55. The van der Waals surface area contributed by atoms with Crippen LogP contribution in [-0.4, -0.2) is 28.3 Å². The maximum absolute atomic E-state index is 11.9. The molecule has 6 heteroatoms. The number of aromatic amines is 1. The average molecular weight is 288 g/mol. The fourth-order valence-electron chi connectivity index (χ4n) is 1.96. The molecule has 3 atom stereocenters. The number of nitrogens with zero attached hydrogens (tertiary/aromatic N) is 1. The Morgan fingerprint density at radius 2 is 2.44 bits per heavy atom. The molecule has 1 fully saturated rings. The van der Waals surface area contributed by atoms with Crippen LogP contribution in [0.15, 0.2) is 10.7 Å². The zero-order valence-electron chi connectivity index (χ0n) is 9.16. The Hall–Kier alpha value is -0.880. The third kappa shape index (κ3) is 2.27. The van der Waals surface area contributed by atoms with E-state index in [4.69, 9.17) is 4.74 Å². The van der Waals surface area contributed by atoms with E-state index in [-0.39, 0.29) is 24.0 Å². The van der Waals surface area contributed by atoms with E-state index in [2.05, 4.69) is 31.4 Å². The van der Waals surface area contributed by atoms with Gasteiger partial charge in [-0.3, -0.25) is 9.89 Å². The van der Waals surface area contributed by atoms with Gasteiger partial charge in [0.25, 0.3) is 5.91 Å². The topological polar surface area (TPSA) is 67.0 Å². The summed E-state index contributed by atoms with van der Waals surface area (Å²) in [4.78, 5) is 11.9. The van der Waals surface area contributed by atoms with Gasteiger partial charge in [0, 0.05) is 0 Å². The fourth-order valence-corrected chi connectivity index (χ4v) is 2.25. The Balaban J connectivity index is 2.01. The maximum atomic E-state index is 11.9. The van der Waals surface area contributed by atoms with Gasteiger partial charge in [-0.1, -0.05) is 6.92 Å². The molecule has 1 aliphatic rings. The quantitative estimate of drug-likeness (QED) is 0.873. The molecule has 16 heavy (non-hydrogen) atoms. The van der Waals surface area contributed by atoms with Gasteiger partial charge in [0.05, 0.1) is 16.8 Å². The van der Waals surface area contributed by atoms with Crippen molar-refractivity contribution in [3.8, 4) is 0 Å². The number of hydrogen-bond acceptors (Lipinski definition) is 3. The van der Waals surface area contributed by atoms with Gasteiger partial charge < -0.3 is 10.1 Å². The van der Waals surface area contributed by atoms with E-state index in [1.807, 2.05) is 13.8 Å². The van der Waals surface area contributed by atoms with Gasteiger partial charge in [-0.05, 0) is 35.2 Å². The Labute approximate surface area is 102 Å². The van der Waals surface area contributed by atoms with Crippen molar-refractivity contribution < 1.29 is 9.53 Å². The van der Waals surface area contributed by atoms with Crippen molar-refractivity contribution in [2.45, 2.75) is 32.5 Å². The summed E-state index contributed by atoms with van der Waals surface area (Å²) in [5, 5.41) is 9.26. The maximum Gasteiger partial charge on any atom is 0.254 e. The predicted molar refractivity (Wildman–Crippen MR) is 63.0 cm³/mol. The zero-order valence-corrected chi connectivity index (χ0v) is 10.7. The highest BCUT2D eigenvalue weighted by atomic mass is 79.9. The van der Waals surface area contributed by atoms with Gasteiger partial charge in [0.15, 0.2) is 0 Å². The van der Waals surface area contributed by atoms with Gasteiger partial charge >= 0.3 is 0 Å². The van der Waals surface area contributed by atoms with Gasteiger partial charge in [0.2, 0.25) is 0 Å². The van der Waals surface area contributed by atoms with Crippen LogP contribution in [0.4, 0.5) is 5.82 Å². The SMILES string of the molecule is CC1CC(C)C(C(=O)Nc2[nH]ncc2Br)O1. The second-order valence-corrected chi connectivity index (χ2v) is 5.02. The Morgan fingerprint density at radius 3 is 2.94 bits per heavy atom. The number of carbonyl (C=O) groups is 1. The number of halogens is 1. The van der Waals surface area contributed by atoms with Crippen molar-refractivity contribution in [1.29, 1.82) is 0 Å². The number of carbonyl (C=O) groups excluding carboxylic acids is 1. The summed E-state index contributed by atoms with van der Waals surface area (Å²) < 4.78 is 6.30. The van der Waals surface area contributed by atoms with Crippen LogP contribution in [-0.2, 0) is 9.53 Å². The van der Waals surface area contributed by atoms with E-state index < -0.39 is 0 Å². The lowest BCUT2D eigenvalue weighted by molar-refractivity contribution is -0.127. The van der Waals surface area contributed by atoms with Crippen LogP contribution in [0, 0.1) is 5.92 Å². The normalized spacial score (nSPS) is 29.3. The smallest absolute Gasteiger partial charge is 0.254 e.